The molecule has 3 heteroatoms. The highest BCUT2D eigenvalue weighted by Crippen LogP contribution is 2.43. The Morgan fingerprint density at radius 1 is 0.839 bits per heavy atom. The Morgan fingerprint density at radius 2 is 1.74 bits per heavy atom. The summed E-state index contributed by atoms with van der Waals surface area (Å²) in [4.78, 5) is 6.75. The van der Waals surface area contributed by atoms with E-state index >= 15 is 0 Å². The summed E-state index contributed by atoms with van der Waals surface area (Å²) in [5.74, 6) is 0. The van der Waals surface area contributed by atoms with Gasteiger partial charge in [-0.25, -0.2) is 0 Å². The van der Waals surface area contributed by atoms with Crippen molar-refractivity contribution >= 4 is 5.69 Å². The molecule has 2 heterocycles. The van der Waals surface area contributed by atoms with E-state index in [9.17, 15) is 0 Å². The summed E-state index contributed by atoms with van der Waals surface area (Å²) in [6.07, 6.45) is 5.80. The van der Waals surface area contributed by atoms with Gasteiger partial charge in [-0.2, -0.15) is 0 Å². The molecule has 0 amide bonds. The average Bonchev–Trinajstić information content (AvgIpc) is 3.20. The fourth-order valence-electron chi connectivity index (χ4n) is 5.15. The molecule has 0 spiro atoms. The molecule has 3 nitrogen and oxygen atoms in total. The van der Waals surface area contributed by atoms with Gasteiger partial charge in [-0.3, -0.25) is 9.88 Å². The van der Waals surface area contributed by atoms with Gasteiger partial charge in [0.25, 0.3) is 0 Å². The molecule has 0 saturated carbocycles. The van der Waals surface area contributed by atoms with Gasteiger partial charge in [-0.1, -0.05) is 60.7 Å². The summed E-state index contributed by atoms with van der Waals surface area (Å²) < 4.78 is 0. The first kappa shape index (κ1) is 18.3. The van der Waals surface area contributed by atoms with Crippen molar-refractivity contribution in [2.45, 2.75) is 25.9 Å². The Kier molecular flexibility index (Phi) is 4.36. The van der Waals surface area contributed by atoms with Gasteiger partial charge in [0.05, 0.1) is 0 Å². The maximum atomic E-state index is 6.72. The van der Waals surface area contributed by atoms with Crippen LogP contribution in [0.5, 0.6) is 0 Å². The number of aromatic nitrogens is 1. The third kappa shape index (κ3) is 3.22. The molecule has 152 valence electrons. The Hall–Kier alpha value is -3.43. The molecule has 4 aromatic rings. The van der Waals surface area contributed by atoms with E-state index in [1.165, 1.54) is 44.5 Å². The Bertz CT molecular complexity index is 1280. The second-order valence-electron chi connectivity index (χ2n) is 8.69. The molecule has 1 aliphatic heterocycles. The zero-order valence-corrected chi connectivity index (χ0v) is 17.5. The Balaban J connectivity index is 1.28. The van der Waals surface area contributed by atoms with Crippen LogP contribution in [0, 0.1) is 0 Å². The normalized spacial score (nSPS) is 14.7. The maximum absolute atomic E-state index is 6.72. The molecule has 2 aliphatic rings. The van der Waals surface area contributed by atoms with E-state index in [0.29, 0.717) is 0 Å². The van der Waals surface area contributed by atoms with Crippen molar-refractivity contribution in [3.8, 4) is 22.3 Å². The molecule has 2 N–H and O–H groups in total. The van der Waals surface area contributed by atoms with Crippen molar-refractivity contribution < 1.29 is 0 Å². The number of nitrogens with two attached hydrogens (primary N) is 1. The van der Waals surface area contributed by atoms with Crippen molar-refractivity contribution in [3.63, 3.8) is 0 Å². The fourth-order valence-corrected chi connectivity index (χ4v) is 5.15. The quantitative estimate of drug-likeness (QED) is 0.407. The maximum Gasteiger partial charge on any atom is 0.0435 e. The molecule has 0 bridgehead atoms. The van der Waals surface area contributed by atoms with Crippen molar-refractivity contribution in [2.24, 2.45) is 0 Å². The van der Waals surface area contributed by atoms with Crippen LogP contribution in [0.3, 0.4) is 0 Å². The number of nitrogens with zero attached hydrogens (tertiary/aromatic N) is 2. The standard InChI is InChI=1S/C28H25N3/c29-28-25(9-10-26-24-6-2-1-5-21(24)15-27(26)28)22-7-8-23-18-31(13-11-20(23)14-22)17-19-4-3-12-30-16-19/h1-10,12,14,16H,11,13,15,17-18,29H2. The summed E-state index contributed by atoms with van der Waals surface area (Å²) in [6.45, 7) is 3.01. The SMILES string of the molecule is Nc1c(-c2ccc3c(c2)CCN(Cc2cccnc2)C3)ccc2c1Cc1ccccc1-2. The third-order valence-corrected chi connectivity index (χ3v) is 6.77. The summed E-state index contributed by atoms with van der Waals surface area (Å²) in [5.41, 5.74) is 19.5. The molecular weight excluding hydrogens is 378 g/mol. The van der Waals surface area contributed by atoms with E-state index in [0.717, 1.165) is 43.7 Å². The smallest absolute Gasteiger partial charge is 0.0435 e. The van der Waals surface area contributed by atoms with E-state index in [-0.39, 0.29) is 0 Å². The van der Waals surface area contributed by atoms with E-state index in [1.807, 2.05) is 18.5 Å². The largest absolute Gasteiger partial charge is 0.398 e. The van der Waals surface area contributed by atoms with E-state index in [4.69, 9.17) is 5.73 Å². The van der Waals surface area contributed by atoms with Crippen LogP contribution >= 0.6 is 0 Å². The number of nitrogen functional groups attached to an aromatic ring is 1. The zero-order valence-electron chi connectivity index (χ0n) is 17.5. The lowest BCUT2D eigenvalue weighted by Gasteiger charge is -2.29. The van der Waals surface area contributed by atoms with Crippen LogP contribution < -0.4 is 5.73 Å². The van der Waals surface area contributed by atoms with Gasteiger partial charge in [-0.05, 0) is 57.0 Å². The predicted molar refractivity (Wildman–Crippen MR) is 127 cm³/mol. The van der Waals surface area contributed by atoms with Crippen LogP contribution in [0.15, 0.2) is 79.1 Å². The minimum Gasteiger partial charge on any atom is -0.398 e. The Labute approximate surface area is 183 Å². The van der Waals surface area contributed by atoms with Crippen LogP contribution in [-0.2, 0) is 25.9 Å². The van der Waals surface area contributed by atoms with Crippen LogP contribution in [-0.4, -0.2) is 16.4 Å². The van der Waals surface area contributed by atoms with Crippen LogP contribution in [0.25, 0.3) is 22.3 Å². The van der Waals surface area contributed by atoms with E-state index < -0.39 is 0 Å². The lowest BCUT2D eigenvalue weighted by Crippen LogP contribution is -2.30. The topological polar surface area (TPSA) is 42.1 Å². The zero-order chi connectivity index (χ0) is 20.8. The first-order chi connectivity index (χ1) is 15.3. The van der Waals surface area contributed by atoms with Gasteiger partial charge in [0.1, 0.15) is 0 Å². The molecular formula is C28H25N3. The van der Waals surface area contributed by atoms with Crippen molar-refractivity contribution in [2.75, 3.05) is 12.3 Å². The van der Waals surface area contributed by atoms with Crippen LogP contribution in [0.4, 0.5) is 5.69 Å². The highest BCUT2D eigenvalue weighted by molar-refractivity contribution is 5.89. The first-order valence-corrected chi connectivity index (χ1v) is 11.0. The molecule has 0 radical (unpaired) electrons. The minimum absolute atomic E-state index is 0.930. The third-order valence-electron chi connectivity index (χ3n) is 6.77. The predicted octanol–water partition coefficient (Wildman–Crippen LogP) is 5.46. The first-order valence-electron chi connectivity index (χ1n) is 11.0. The number of anilines is 1. The fraction of sp³-hybridized carbons (Fsp3) is 0.179. The molecule has 1 aromatic heterocycles. The van der Waals surface area contributed by atoms with Gasteiger partial charge in [0, 0.05) is 49.7 Å². The molecule has 1 aliphatic carbocycles. The highest BCUT2D eigenvalue weighted by Gasteiger charge is 2.23. The monoisotopic (exact) mass is 403 g/mol. The number of fused-ring (bicyclic) bond motifs is 4. The second-order valence-corrected chi connectivity index (χ2v) is 8.69. The minimum atomic E-state index is 0.930. The molecule has 0 unspecified atom stereocenters. The highest BCUT2D eigenvalue weighted by atomic mass is 15.1. The Morgan fingerprint density at radius 3 is 2.65 bits per heavy atom. The lowest BCUT2D eigenvalue weighted by molar-refractivity contribution is 0.245. The van der Waals surface area contributed by atoms with Crippen molar-refractivity contribution in [3.05, 3.63) is 107 Å². The van der Waals surface area contributed by atoms with Crippen molar-refractivity contribution in [1.29, 1.82) is 0 Å². The summed E-state index contributed by atoms with van der Waals surface area (Å²) in [5, 5.41) is 0. The average molecular weight is 404 g/mol. The van der Waals surface area contributed by atoms with Gasteiger partial charge >= 0.3 is 0 Å². The summed E-state index contributed by atoms with van der Waals surface area (Å²) >= 11 is 0. The molecule has 0 fully saturated rings. The number of hydrogen-bond acceptors (Lipinski definition) is 3. The molecule has 31 heavy (non-hydrogen) atoms. The van der Waals surface area contributed by atoms with Crippen LogP contribution in [0.2, 0.25) is 0 Å². The molecule has 0 saturated heterocycles. The van der Waals surface area contributed by atoms with E-state index in [1.54, 1.807) is 0 Å². The van der Waals surface area contributed by atoms with Crippen molar-refractivity contribution in [1.82, 2.24) is 9.88 Å². The van der Waals surface area contributed by atoms with Gasteiger partial charge in [0.2, 0.25) is 0 Å². The summed E-state index contributed by atoms with van der Waals surface area (Å²) in [7, 11) is 0. The molecule has 0 atom stereocenters. The van der Waals surface area contributed by atoms with Gasteiger partial charge in [0.15, 0.2) is 0 Å². The van der Waals surface area contributed by atoms with Crippen LogP contribution in [0.1, 0.15) is 27.8 Å². The number of rotatable bonds is 3. The molecule has 3 aromatic carbocycles. The second kappa shape index (κ2) is 7.36. The van der Waals surface area contributed by atoms with Gasteiger partial charge in [-0.15, -0.1) is 0 Å². The van der Waals surface area contributed by atoms with Gasteiger partial charge < -0.3 is 5.73 Å². The van der Waals surface area contributed by atoms with E-state index in [2.05, 4.69) is 70.5 Å². The lowest BCUT2D eigenvalue weighted by atomic mass is 9.92. The number of benzene rings is 3. The number of hydrogen-bond donors (Lipinski definition) is 1. The number of pyridine rings is 1. The molecule has 6 rings (SSSR count). The summed E-state index contributed by atoms with van der Waals surface area (Å²) in [6, 6.07) is 24.2.